The number of sulfonamides is 1. The van der Waals surface area contributed by atoms with Crippen LogP contribution < -0.4 is 10.2 Å². The normalized spacial score (nSPS) is 27.1. The molecule has 6 nitrogen and oxygen atoms in total. The number of nitrogens with one attached hydrogen (secondary N) is 1. The Kier molecular flexibility index (Phi) is 3.89. The molecule has 2 atom stereocenters. The van der Waals surface area contributed by atoms with Gasteiger partial charge in [-0.25, -0.2) is 8.42 Å². The summed E-state index contributed by atoms with van der Waals surface area (Å²) in [5, 5.41) is 3.51. The van der Waals surface area contributed by atoms with Gasteiger partial charge in [-0.3, -0.25) is 4.79 Å². The number of hydrogen-bond acceptors (Lipinski definition) is 4. The summed E-state index contributed by atoms with van der Waals surface area (Å²) in [4.78, 5) is 13.7. The Morgan fingerprint density at radius 2 is 1.96 bits per heavy atom. The highest BCUT2D eigenvalue weighted by atomic mass is 32.2. The van der Waals surface area contributed by atoms with Crippen LogP contribution in [-0.2, 0) is 21.2 Å². The summed E-state index contributed by atoms with van der Waals surface area (Å²) in [6.45, 7) is 3.25. The second kappa shape index (κ2) is 5.82. The van der Waals surface area contributed by atoms with Gasteiger partial charge in [0.05, 0.1) is 4.90 Å². The van der Waals surface area contributed by atoms with Crippen LogP contribution in [0.3, 0.4) is 0 Å². The van der Waals surface area contributed by atoms with Crippen LogP contribution >= 0.6 is 0 Å². The number of rotatable bonds is 2. The molecule has 1 N–H and O–H groups in total. The SMILES string of the molecule is CC(=O)N1CCc2ccc(S(=O)(=O)N3CCC4CCC(C3)N4)cc21. The molecule has 2 bridgehead atoms. The van der Waals surface area contributed by atoms with Crippen molar-refractivity contribution in [2.75, 3.05) is 24.5 Å². The summed E-state index contributed by atoms with van der Waals surface area (Å²) in [5.41, 5.74) is 1.79. The quantitative estimate of drug-likeness (QED) is 0.868. The molecule has 0 radical (unpaired) electrons. The van der Waals surface area contributed by atoms with E-state index in [1.54, 1.807) is 21.3 Å². The molecule has 0 aliphatic carbocycles. The number of anilines is 1. The minimum absolute atomic E-state index is 0.0421. The number of nitrogens with zero attached hydrogens (tertiary/aromatic N) is 2. The third-order valence-electron chi connectivity index (χ3n) is 5.46. The molecule has 7 heteroatoms. The lowest BCUT2D eigenvalue weighted by molar-refractivity contribution is -0.116. The number of amides is 1. The van der Waals surface area contributed by atoms with E-state index in [0.717, 1.165) is 36.9 Å². The molecule has 2 saturated heterocycles. The topological polar surface area (TPSA) is 69.7 Å². The summed E-state index contributed by atoms with van der Waals surface area (Å²) in [6.07, 6.45) is 3.83. The van der Waals surface area contributed by atoms with Gasteiger partial charge >= 0.3 is 0 Å². The zero-order chi connectivity index (χ0) is 16.9. The smallest absolute Gasteiger partial charge is 0.243 e. The van der Waals surface area contributed by atoms with Crippen molar-refractivity contribution in [1.82, 2.24) is 9.62 Å². The number of carbonyl (C=O) groups is 1. The summed E-state index contributed by atoms with van der Waals surface area (Å²) >= 11 is 0. The molecule has 2 fully saturated rings. The molecule has 3 aliphatic rings. The third-order valence-corrected chi connectivity index (χ3v) is 7.32. The van der Waals surface area contributed by atoms with E-state index in [2.05, 4.69) is 5.32 Å². The average Bonchev–Trinajstić information content (AvgIpc) is 3.09. The Morgan fingerprint density at radius 3 is 2.75 bits per heavy atom. The standard InChI is InChI=1S/C17H23N3O3S/c1-12(21)20-9-6-13-2-5-16(10-17(13)20)24(22,23)19-8-7-14-3-4-15(11-19)18-14/h2,5,10,14-15,18H,3-4,6-9,11H2,1H3. The van der Waals surface area contributed by atoms with Gasteiger partial charge in [0.2, 0.25) is 15.9 Å². The van der Waals surface area contributed by atoms with E-state index in [4.69, 9.17) is 0 Å². The average molecular weight is 349 g/mol. The molecule has 0 spiro atoms. The molecule has 24 heavy (non-hydrogen) atoms. The largest absolute Gasteiger partial charge is 0.312 e. The van der Waals surface area contributed by atoms with Gasteiger partial charge in [-0.15, -0.1) is 0 Å². The van der Waals surface area contributed by atoms with Crippen LogP contribution in [0, 0.1) is 0 Å². The number of carbonyl (C=O) groups excluding carboxylic acids is 1. The predicted octanol–water partition coefficient (Wildman–Crippen LogP) is 1.11. The van der Waals surface area contributed by atoms with Crippen LogP contribution in [0.5, 0.6) is 0 Å². The first-order valence-electron chi connectivity index (χ1n) is 8.62. The zero-order valence-corrected chi connectivity index (χ0v) is 14.7. The van der Waals surface area contributed by atoms with Gasteiger partial charge in [0.25, 0.3) is 0 Å². The maximum Gasteiger partial charge on any atom is 0.243 e. The van der Waals surface area contributed by atoms with Gasteiger partial charge in [-0.1, -0.05) is 6.07 Å². The van der Waals surface area contributed by atoms with E-state index in [0.29, 0.717) is 30.6 Å². The molecule has 0 saturated carbocycles. The van der Waals surface area contributed by atoms with Gasteiger partial charge < -0.3 is 10.2 Å². The highest BCUT2D eigenvalue weighted by Gasteiger charge is 2.35. The first-order chi connectivity index (χ1) is 11.4. The van der Waals surface area contributed by atoms with E-state index in [1.165, 1.54) is 6.92 Å². The Labute approximate surface area is 142 Å². The molecule has 3 aliphatic heterocycles. The van der Waals surface area contributed by atoms with Crippen LogP contribution in [0.25, 0.3) is 0 Å². The second-order valence-corrected chi connectivity index (χ2v) is 8.94. The van der Waals surface area contributed by atoms with Gasteiger partial charge in [-0.05, 0) is 43.4 Å². The lowest BCUT2D eigenvalue weighted by Gasteiger charge is -2.24. The minimum Gasteiger partial charge on any atom is -0.312 e. The van der Waals surface area contributed by atoms with Crippen molar-refractivity contribution in [2.45, 2.75) is 49.6 Å². The maximum atomic E-state index is 13.1. The zero-order valence-electron chi connectivity index (χ0n) is 13.9. The summed E-state index contributed by atoms with van der Waals surface area (Å²) in [7, 11) is -3.52. The lowest BCUT2D eigenvalue weighted by atomic mass is 10.1. The molecule has 3 heterocycles. The summed E-state index contributed by atoms with van der Waals surface area (Å²) in [6, 6.07) is 5.93. The Balaban J connectivity index is 1.65. The van der Waals surface area contributed by atoms with Crippen LogP contribution in [0.4, 0.5) is 5.69 Å². The number of benzene rings is 1. The lowest BCUT2D eigenvalue weighted by Crippen LogP contribution is -2.39. The third kappa shape index (κ3) is 2.64. The molecular weight excluding hydrogens is 326 g/mol. The number of hydrogen-bond donors (Lipinski definition) is 1. The van der Waals surface area contributed by atoms with Gasteiger partial charge in [-0.2, -0.15) is 4.31 Å². The van der Waals surface area contributed by atoms with E-state index in [1.807, 2.05) is 6.07 Å². The van der Waals surface area contributed by atoms with E-state index >= 15 is 0 Å². The van der Waals surface area contributed by atoms with Crippen LogP contribution in [0.2, 0.25) is 0 Å². The maximum absolute atomic E-state index is 13.1. The van der Waals surface area contributed by atoms with Crippen molar-refractivity contribution in [1.29, 1.82) is 0 Å². The van der Waals surface area contributed by atoms with Gasteiger partial charge in [0.1, 0.15) is 0 Å². The minimum atomic E-state index is -3.52. The summed E-state index contributed by atoms with van der Waals surface area (Å²) in [5.74, 6) is -0.0421. The molecule has 130 valence electrons. The molecule has 4 rings (SSSR count). The Morgan fingerprint density at radius 1 is 1.17 bits per heavy atom. The van der Waals surface area contributed by atoms with Crippen LogP contribution in [0.15, 0.2) is 23.1 Å². The highest BCUT2D eigenvalue weighted by Crippen LogP contribution is 2.32. The fraction of sp³-hybridized carbons (Fsp3) is 0.588. The van der Waals surface area contributed by atoms with Gasteiger partial charge in [0, 0.05) is 44.3 Å². The van der Waals surface area contributed by atoms with Crippen molar-refractivity contribution in [3.8, 4) is 0 Å². The number of fused-ring (bicyclic) bond motifs is 3. The van der Waals surface area contributed by atoms with E-state index in [9.17, 15) is 13.2 Å². The van der Waals surface area contributed by atoms with E-state index in [-0.39, 0.29) is 11.9 Å². The second-order valence-electron chi connectivity index (χ2n) is 7.00. The molecule has 1 amide bonds. The molecular formula is C17H23N3O3S. The van der Waals surface area contributed by atoms with Gasteiger partial charge in [0.15, 0.2) is 0 Å². The molecule has 1 aromatic rings. The van der Waals surface area contributed by atoms with Crippen molar-refractivity contribution in [3.63, 3.8) is 0 Å². The van der Waals surface area contributed by atoms with Crippen molar-refractivity contribution in [3.05, 3.63) is 23.8 Å². The monoisotopic (exact) mass is 349 g/mol. The Bertz CT molecular complexity index is 777. The van der Waals surface area contributed by atoms with Crippen LogP contribution in [0.1, 0.15) is 31.7 Å². The van der Waals surface area contributed by atoms with Crippen LogP contribution in [-0.4, -0.2) is 50.3 Å². The Hall–Kier alpha value is -1.44. The first-order valence-corrected chi connectivity index (χ1v) is 10.1. The van der Waals surface area contributed by atoms with Crippen molar-refractivity contribution >= 4 is 21.6 Å². The molecule has 2 unspecified atom stereocenters. The fourth-order valence-electron chi connectivity index (χ4n) is 4.12. The first kappa shape index (κ1) is 16.1. The summed E-state index contributed by atoms with van der Waals surface area (Å²) < 4.78 is 27.8. The van der Waals surface area contributed by atoms with Crippen molar-refractivity contribution in [2.24, 2.45) is 0 Å². The molecule has 1 aromatic carbocycles. The fourth-order valence-corrected chi connectivity index (χ4v) is 5.65. The van der Waals surface area contributed by atoms with Crippen molar-refractivity contribution < 1.29 is 13.2 Å². The van der Waals surface area contributed by atoms with E-state index < -0.39 is 10.0 Å². The predicted molar refractivity (Wildman–Crippen MR) is 91.5 cm³/mol. The molecule has 0 aromatic heterocycles. The highest BCUT2D eigenvalue weighted by molar-refractivity contribution is 7.89.